The average Bonchev–Trinajstić information content (AvgIpc) is 2.85. The number of hydrogen-bond donors (Lipinski definition) is 2. The van der Waals surface area contributed by atoms with Crippen LogP contribution in [0.3, 0.4) is 0 Å². The first-order valence-corrected chi connectivity index (χ1v) is 6.79. The lowest BCUT2D eigenvalue weighted by Gasteiger charge is -2.19. The molecule has 4 heteroatoms. The summed E-state index contributed by atoms with van der Waals surface area (Å²) in [6, 6.07) is 7.73. The lowest BCUT2D eigenvalue weighted by Crippen LogP contribution is -2.41. The van der Waals surface area contributed by atoms with E-state index in [1.54, 1.807) is 0 Å². The Labute approximate surface area is 113 Å². The molecular formula is C15H21NO3. The summed E-state index contributed by atoms with van der Waals surface area (Å²) in [5, 5.41) is 12.2. The van der Waals surface area contributed by atoms with E-state index in [1.807, 2.05) is 31.2 Å². The number of hydrogen-bond acceptors (Lipinski definition) is 3. The summed E-state index contributed by atoms with van der Waals surface area (Å²) in [6.07, 6.45) is 3.00. The van der Waals surface area contributed by atoms with Crippen molar-refractivity contribution in [2.24, 2.45) is 5.92 Å². The first kappa shape index (κ1) is 13.9. The number of rotatable bonds is 5. The van der Waals surface area contributed by atoms with Crippen molar-refractivity contribution < 1.29 is 14.6 Å². The van der Waals surface area contributed by atoms with Crippen molar-refractivity contribution in [3.05, 3.63) is 29.8 Å². The minimum Gasteiger partial charge on any atom is -0.484 e. The summed E-state index contributed by atoms with van der Waals surface area (Å²) in [5.41, 5.74) is 1.02. The van der Waals surface area contributed by atoms with Crippen molar-refractivity contribution in [2.45, 2.75) is 32.2 Å². The third-order valence-corrected chi connectivity index (χ3v) is 3.69. The number of aliphatic hydroxyl groups excluding tert-OH is 1. The van der Waals surface area contributed by atoms with Crippen LogP contribution < -0.4 is 10.1 Å². The zero-order valence-corrected chi connectivity index (χ0v) is 11.3. The van der Waals surface area contributed by atoms with E-state index >= 15 is 0 Å². The maximum Gasteiger partial charge on any atom is 0.258 e. The number of aryl methyl sites for hydroxylation is 1. The van der Waals surface area contributed by atoms with Crippen molar-refractivity contribution in [2.75, 3.05) is 13.2 Å². The normalized spacial score (nSPS) is 22.2. The van der Waals surface area contributed by atoms with Gasteiger partial charge < -0.3 is 15.2 Å². The van der Waals surface area contributed by atoms with Gasteiger partial charge in [-0.3, -0.25) is 4.79 Å². The number of aliphatic hydroxyl groups is 1. The largest absolute Gasteiger partial charge is 0.484 e. The number of amides is 1. The molecule has 1 saturated carbocycles. The van der Waals surface area contributed by atoms with Gasteiger partial charge in [-0.25, -0.2) is 0 Å². The Bertz CT molecular complexity index is 433. The van der Waals surface area contributed by atoms with Crippen LogP contribution in [0.2, 0.25) is 0 Å². The summed E-state index contributed by atoms with van der Waals surface area (Å²) in [6.45, 7) is 2.12. The minimum absolute atomic E-state index is 0.0273. The van der Waals surface area contributed by atoms with Crippen LogP contribution in [0.25, 0.3) is 0 Å². The van der Waals surface area contributed by atoms with Crippen LogP contribution in [0.1, 0.15) is 24.8 Å². The van der Waals surface area contributed by atoms with E-state index in [0.717, 1.165) is 30.6 Å². The van der Waals surface area contributed by atoms with E-state index in [2.05, 4.69) is 5.32 Å². The highest BCUT2D eigenvalue weighted by molar-refractivity contribution is 5.78. The van der Waals surface area contributed by atoms with Crippen LogP contribution in [0.4, 0.5) is 0 Å². The number of nitrogens with one attached hydrogen (secondary N) is 1. The molecule has 1 aliphatic rings. The Hall–Kier alpha value is -1.55. The number of ether oxygens (including phenoxy) is 1. The number of benzene rings is 1. The van der Waals surface area contributed by atoms with E-state index in [0.29, 0.717) is 0 Å². The van der Waals surface area contributed by atoms with Crippen LogP contribution in [-0.2, 0) is 4.79 Å². The quantitative estimate of drug-likeness (QED) is 0.849. The first-order valence-electron chi connectivity index (χ1n) is 6.79. The topological polar surface area (TPSA) is 58.6 Å². The van der Waals surface area contributed by atoms with Crippen LogP contribution in [0.5, 0.6) is 5.75 Å². The lowest BCUT2D eigenvalue weighted by atomic mass is 10.1. The fourth-order valence-corrected chi connectivity index (χ4v) is 2.56. The fraction of sp³-hybridized carbons (Fsp3) is 0.533. The molecule has 0 heterocycles. The van der Waals surface area contributed by atoms with E-state index in [4.69, 9.17) is 4.74 Å². The molecule has 1 aliphatic carbocycles. The number of carbonyl (C=O) groups is 1. The van der Waals surface area contributed by atoms with Crippen molar-refractivity contribution >= 4 is 5.91 Å². The molecular weight excluding hydrogens is 242 g/mol. The van der Waals surface area contributed by atoms with Gasteiger partial charge in [0.2, 0.25) is 0 Å². The molecule has 0 saturated heterocycles. The predicted octanol–water partition coefficient (Wildman–Crippen LogP) is 1.65. The van der Waals surface area contributed by atoms with E-state index in [9.17, 15) is 9.90 Å². The Morgan fingerprint density at radius 1 is 1.42 bits per heavy atom. The molecule has 2 rings (SSSR count). The van der Waals surface area contributed by atoms with Gasteiger partial charge in [-0.2, -0.15) is 0 Å². The van der Waals surface area contributed by atoms with Crippen molar-refractivity contribution in [1.82, 2.24) is 5.32 Å². The van der Waals surface area contributed by atoms with Crippen LogP contribution in [-0.4, -0.2) is 30.3 Å². The van der Waals surface area contributed by atoms with Crippen LogP contribution in [0, 0.1) is 12.8 Å². The monoisotopic (exact) mass is 263 g/mol. The van der Waals surface area contributed by atoms with Gasteiger partial charge in [0.15, 0.2) is 6.61 Å². The molecule has 1 fully saturated rings. The second-order valence-corrected chi connectivity index (χ2v) is 5.10. The third-order valence-electron chi connectivity index (χ3n) is 3.69. The Morgan fingerprint density at radius 2 is 2.21 bits per heavy atom. The van der Waals surface area contributed by atoms with Gasteiger partial charge in [-0.1, -0.05) is 24.6 Å². The van der Waals surface area contributed by atoms with Crippen LogP contribution >= 0.6 is 0 Å². The zero-order valence-electron chi connectivity index (χ0n) is 11.3. The van der Waals surface area contributed by atoms with Gasteiger partial charge in [-0.05, 0) is 31.4 Å². The van der Waals surface area contributed by atoms with Gasteiger partial charge in [0.05, 0.1) is 0 Å². The summed E-state index contributed by atoms with van der Waals surface area (Å²) in [7, 11) is 0. The molecule has 4 nitrogen and oxygen atoms in total. The second-order valence-electron chi connectivity index (χ2n) is 5.10. The maximum absolute atomic E-state index is 11.8. The molecule has 0 aromatic heterocycles. The second kappa shape index (κ2) is 6.57. The molecule has 1 amide bonds. The Balaban J connectivity index is 1.80. The van der Waals surface area contributed by atoms with Gasteiger partial charge in [0.25, 0.3) is 5.91 Å². The van der Waals surface area contributed by atoms with Crippen molar-refractivity contribution in [3.8, 4) is 5.75 Å². The fourth-order valence-electron chi connectivity index (χ4n) is 2.56. The van der Waals surface area contributed by atoms with E-state index < -0.39 is 0 Å². The van der Waals surface area contributed by atoms with Gasteiger partial charge in [0, 0.05) is 18.6 Å². The van der Waals surface area contributed by atoms with Gasteiger partial charge in [-0.15, -0.1) is 0 Å². The molecule has 19 heavy (non-hydrogen) atoms. The standard InChI is InChI=1S/C15H21NO3/c1-11-5-2-3-8-14(11)19-10-15(18)16-13-7-4-6-12(13)9-17/h2-3,5,8,12-13,17H,4,6-7,9-10H2,1H3,(H,16,18). The molecule has 2 unspecified atom stereocenters. The molecule has 0 spiro atoms. The SMILES string of the molecule is Cc1ccccc1OCC(=O)NC1CCCC1CO. The van der Waals surface area contributed by atoms with E-state index in [-0.39, 0.29) is 31.1 Å². The summed E-state index contributed by atoms with van der Waals surface area (Å²) in [4.78, 5) is 11.8. The summed E-state index contributed by atoms with van der Waals surface area (Å²) >= 11 is 0. The Morgan fingerprint density at radius 3 is 2.95 bits per heavy atom. The van der Waals surface area contributed by atoms with Crippen LogP contribution in [0.15, 0.2) is 24.3 Å². The Kier molecular flexibility index (Phi) is 4.80. The molecule has 2 atom stereocenters. The van der Waals surface area contributed by atoms with E-state index in [1.165, 1.54) is 0 Å². The zero-order chi connectivity index (χ0) is 13.7. The van der Waals surface area contributed by atoms with Crippen molar-refractivity contribution in [3.63, 3.8) is 0 Å². The average molecular weight is 263 g/mol. The summed E-state index contributed by atoms with van der Waals surface area (Å²) < 4.78 is 5.50. The molecule has 1 aromatic carbocycles. The predicted molar refractivity (Wildman–Crippen MR) is 73.0 cm³/mol. The lowest BCUT2D eigenvalue weighted by molar-refractivity contribution is -0.124. The smallest absolute Gasteiger partial charge is 0.258 e. The van der Waals surface area contributed by atoms with Gasteiger partial charge >= 0.3 is 0 Å². The van der Waals surface area contributed by atoms with Gasteiger partial charge in [0.1, 0.15) is 5.75 Å². The molecule has 2 N–H and O–H groups in total. The highest BCUT2D eigenvalue weighted by Crippen LogP contribution is 2.25. The highest BCUT2D eigenvalue weighted by Gasteiger charge is 2.27. The highest BCUT2D eigenvalue weighted by atomic mass is 16.5. The molecule has 104 valence electrons. The third kappa shape index (κ3) is 3.70. The molecule has 0 bridgehead atoms. The minimum atomic E-state index is -0.117. The molecule has 1 aromatic rings. The maximum atomic E-state index is 11.8. The first-order chi connectivity index (χ1) is 9.20. The number of carbonyl (C=O) groups excluding carboxylic acids is 1. The van der Waals surface area contributed by atoms with Crippen molar-refractivity contribution in [1.29, 1.82) is 0 Å². The summed E-state index contributed by atoms with van der Waals surface area (Å²) in [5.74, 6) is 0.818. The number of para-hydroxylation sites is 1. The molecule has 0 aliphatic heterocycles. The molecule has 0 radical (unpaired) electrons.